The van der Waals surface area contributed by atoms with Crippen LogP contribution in [0.4, 0.5) is 0 Å². The Hall–Kier alpha value is -0.260. The number of nitrogens with two attached hydrogens (primary N) is 1. The first-order chi connectivity index (χ1) is 8.58. The third-order valence-corrected chi connectivity index (χ3v) is 4.53. The minimum absolute atomic E-state index is 0.0109. The Bertz CT molecular complexity index is 263. The second kappa shape index (κ2) is 8.02. The molecule has 5 heteroatoms. The van der Waals surface area contributed by atoms with Gasteiger partial charge in [-0.3, -0.25) is 4.79 Å². The van der Waals surface area contributed by atoms with Crippen LogP contribution in [0.3, 0.4) is 0 Å². The standard InChI is InChI=1S/C13H26N2O2S/c1-11-4-2-5-13(14,10-11)12(17)15-6-9-18-8-3-7-16/h11,16H,2-10,14H2,1H3,(H,15,17). The van der Waals surface area contributed by atoms with Gasteiger partial charge in [-0.2, -0.15) is 11.8 Å². The average molecular weight is 274 g/mol. The number of aliphatic hydroxyl groups excluding tert-OH is 1. The van der Waals surface area contributed by atoms with Crippen LogP contribution in [0.25, 0.3) is 0 Å². The number of nitrogens with one attached hydrogen (secondary N) is 1. The van der Waals surface area contributed by atoms with Gasteiger partial charge in [0.05, 0.1) is 5.54 Å². The molecular formula is C13H26N2O2S. The number of hydrogen-bond donors (Lipinski definition) is 3. The Labute approximate surface area is 114 Å². The van der Waals surface area contributed by atoms with E-state index in [1.807, 2.05) is 0 Å². The summed E-state index contributed by atoms with van der Waals surface area (Å²) in [6.45, 7) is 3.07. The summed E-state index contributed by atoms with van der Waals surface area (Å²) in [5, 5.41) is 11.6. The molecule has 0 saturated heterocycles. The molecule has 106 valence electrons. The Morgan fingerprint density at radius 2 is 2.33 bits per heavy atom. The summed E-state index contributed by atoms with van der Waals surface area (Å²) in [6, 6.07) is 0. The fourth-order valence-corrected chi connectivity index (χ4v) is 3.26. The van der Waals surface area contributed by atoms with Gasteiger partial charge in [-0.1, -0.05) is 19.8 Å². The number of carbonyl (C=O) groups is 1. The molecule has 0 aromatic rings. The zero-order valence-corrected chi connectivity index (χ0v) is 12.1. The molecule has 0 heterocycles. The predicted octanol–water partition coefficient (Wildman–Crippen LogP) is 1.13. The zero-order chi connectivity index (χ0) is 13.4. The van der Waals surface area contributed by atoms with Crippen LogP contribution in [0.1, 0.15) is 39.0 Å². The number of hydrogen-bond acceptors (Lipinski definition) is 4. The predicted molar refractivity (Wildman–Crippen MR) is 76.6 cm³/mol. The topological polar surface area (TPSA) is 75.4 Å². The molecule has 0 spiro atoms. The first-order valence-corrected chi connectivity index (χ1v) is 8.00. The van der Waals surface area contributed by atoms with E-state index in [1.165, 1.54) is 6.42 Å². The lowest BCUT2D eigenvalue weighted by atomic mass is 9.76. The Morgan fingerprint density at radius 3 is 3.00 bits per heavy atom. The summed E-state index contributed by atoms with van der Waals surface area (Å²) in [4.78, 5) is 12.1. The van der Waals surface area contributed by atoms with E-state index >= 15 is 0 Å². The van der Waals surface area contributed by atoms with Crippen LogP contribution in [-0.4, -0.2) is 41.2 Å². The molecule has 0 radical (unpaired) electrons. The molecule has 0 aromatic carbocycles. The zero-order valence-electron chi connectivity index (χ0n) is 11.3. The number of aliphatic hydroxyl groups is 1. The third-order valence-electron chi connectivity index (χ3n) is 3.46. The summed E-state index contributed by atoms with van der Waals surface area (Å²) >= 11 is 1.75. The van der Waals surface area contributed by atoms with Crippen molar-refractivity contribution >= 4 is 17.7 Å². The summed E-state index contributed by atoms with van der Waals surface area (Å²) in [5.74, 6) is 2.39. The van der Waals surface area contributed by atoms with E-state index in [2.05, 4.69) is 12.2 Å². The molecular weight excluding hydrogens is 248 g/mol. The van der Waals surface area contributed by atoms with Crippen LogP contribution in [0.15, 0.2) is 0 Å². The molecule has 1 aliphatic carbocycles. The van der Waals surface area contributed by atoms with Crippen LogP contribution in [0, 0.1) is 5.92 Å². The Kier molecular flexibility index (Phi) is 7.04. The van der Waals surface area contributed by atoms with Gasteiger partial charge in [0.15, 0.2) is 0 Å². The number of carbonyl (C=O) groups excluding carboxylic acids is 1. The third kappa shape index (κ3) is 5.16. The van der Waals surface area contributed by atoms with Crippen molar-refractivity contribution in [1.82, 2.24) is 5.32 Å². The average Bonchev–Trinajstić information content (AvgIpc) is 2.33. The molecule has 1 fully saturated rings. The van der Waals surface area contributed by atoms with Crippen molar-refractivity contribution in [3.05, 3.63) is 0 Å². The van der Waals surface area contributed by atoms with Gasteiger partial charge >= 0.3 is 0 Å². The molecule has 1 aliphatic rings. The first-order valence-electron chi connectivity index (χ1n) is 6.84. The lowest BCUT2D eigenvalue weighted by Gasteiger charge is -2.35. The van der Waals surface area contributed by atoms with Gasteiger partial charge in [0.25, 0.3) is 0 Å². The van der Waals surface area contributed by atoms with E-state index in [0.717, 1.165) is 37.2 Å². The molecule has 1 rings (SSSR count). The highest BCUT2D eigenvalue weighted by Crippen LogP contribution is 2.30. The minimum Gasteiger partial charge on any atom is -0.396 e. The van der Waals surface area contributed by atoms with Gasteiger partial charge < -0.3 is 16.2 Å². The van der Waals surface area contributed by atoms with Crippen LogP contribution in [0.2, 0.25) is 0 Å². The highest BCUT2D eigenvalue weighted by molar-refractivity contribution is 7.99. The maximum Gasteiger partial charge on any atom is 0.240 e. The van der Waals surface area contributed by atoms with E-state index in [0.29, 0.717) is 12.5 Å². The highest BCUT2D eigenvalue weighted by atomic mass is 32.2. The summed E-state index contributed by atoms with van der Waals surface area (Å²) in [7, 11) is 0. The van der Waals surface area contributed by atoms with E-state index in [-0.39, 0.29) is 12.5 Å². The monoisotopic (exact) mass is 274 g/mol. The Balaban J connectivity index is 2.19. The van der Waals surface area contributed by atoms with Crippen LogP contribution >= 0.6 is 11.8 Å². The van der Waals surface area contributed by atoms with E-state index < -0.39 is 5.54 Å². The van der Waals surface area contributed by atoms with Crippen molar-refractivity contribution in [3.63, 3.8) is 0 Å². The van der Waals surface area contributed by atoms with Crippen molar-refractivity contribution < 1.29 is 9.90 Å². The second-order valence-corrected chi connectivity index (χ2v) is 6.53. The normalized spacial score (nSPS) is 28.1. The molecule has 4 nitrogen and oxygen atoms in total. The minimum atomic E-state index is -0.645. The SMILES string of the molecule is CC1CCCC(N)(C(=O)NCCSCCCO)C1. The summed E-state index contributed by atoms with van der Waals surface area (Å²) in [5.41, 5.74) is 5.56. The van der Waals surface area contributed by atoms with Crippen molar-refractivity contribution in [1.29, 1.82) is 0 Å². The van der Waals surface area contributed by atoms with Gasteiger partial charge in [0.2, 0.25) is 5.91 Å². The van der Waals surface area contributed by atoms with Crippen LogP contribution in [0.5, 0.6) is 0 Å². The molecule has 4 N–H and O–H groups in total. The van der Waals surface area contributed by atoms with Crippen LogP contribution in [-0.2, 0) is 4.79 Å². The van der Waals surface area contributed by atoms with Gasteiger partial charge in [-0.05, 0) is 30.9 Å². The smallest absolute Gasteiger partial charge is 0.240 e. The quantitative estimate of drug-likeness (QED) is 0.608. The maximum atomic E-state index is 12.1. The van der Waals surface area contributed by atoms with Gasteiger partial charge in [0, 0.05) is 18.9 Å². The van der Waals surface area contributed by atoms with Crippen molar-refractivity contribution in [3.8, 4) is 0 Å². The summed E-state index contributed by atoms with van der Waals surface area (Å²) in [6.07, 6.45) is 4.66. The van der Waals surface area contributed by atoms with E-state index in [4.69, 9.17) is 10.8 Å². The molecule has 0 bridgehead atoms. The Morgan fingerprint density at radius 1 is 1.56 bits per heavy atom. The summed E-state index contributed by atoms with van der Waals surface area (Å²) < 4.78 is 0. The molecule has 18 heavy (non-hydrogen) atoms. The molecule has 0 aliphatic heterocycles. The van der Waals surface area contributed by atoms with Crippen molar-refractivity contribution in [2.24, 2.45) is 11.7 Å². The molecule has 2 unspecified atom stereocenters. The van der Waals surface area contributed by atoms with Gasteiger partial charge in [-0.15, -0.1) is 0 Å². The largest absolute Gasteiger partial charge is 0.396 e. The lowest BCUT2D eigenvalue weighted by molar-refractivity contribution is -0.127. The number of rotatable bonds is 7. The first kappa shape index (κ1) is 15.8. The molecule has 1 saturated carbocycles. The fraction of sp³-hybridized carbons (Fsp3) is 0.923. The highest BCUT2D eigenvalue weighted by Gasteiger charge is 2.37. The van der Waals surface area contributed by atoms with Crippen molar-refractivity contribution in [2.45, 2.75) is 44.6 Å². The maximum absolute atomic E-state index is 12.1. The van der Waals surface area contributed by atoms with Crippen LogP contribution < -0.4 is 11.1 Å². The number of amides is 1. The number of thioether (sulfide) groups is 1. The van der Waals surface area contributed by atoms with Gasteiger partial charge in [0.1, 0.15) is 0 Å². The molecule has 1 amide bonds. The van der Waals surface area contributed by atoms with E-state index in [9.17, 15) is 4.79 Å². The molecule has 2 atom stereocenters. The lowest BCUT2D eigenvalue weighted by Crippen LogP contribution is -2.56. The molecule has 0 aromatic heterocycles. The van der Waals surface area contributed by atoms with Crippen molar-refractivity contribution in [2.75, 3.05) is 24.7 Å². The second-order valence-electron chi connectivity index (χ2n) is 5.30. The van der Waals surface area contributed by atoms with Gasteiger partial charge in [-0.25, -0.2) is 0 Å². The fourth-order valence-electron chi connectivity index (χ4n) is 2.48. The van der Waals surface area contributed by atoms with E-state index in [1.54, 1.807) is 11.8 Å².